The van der Waals surface area contributed by atoms with Gasteiger partial charge in [0.25, 0.3) is 0 Å². The van der Waals surface area contributed by atoms with Crippen LogP contribution in [-0.4, -0.2) is 41.4 Å². The smallest absolute Gasteiger partial charge is 0.182 e. The molecule has 1 N–H and O–H groups in total. The lowest BCUT2D eigenvalue weighted by molar-refractivity contribution is -0.114. The number of fused-ring (bicyclic) bond motifs is 1. The normalized spacial score (nSPS) is 22.6. The number of hydrogen-bond donors (Lipinski definition) is 1. The predicted molar refractivity (Wildman–Crippen MR) is 127 cm³/mol. The van der Waals surface area contributed by atoms with Crippen molar-refractivity contribution in [3.63, 3.8) is 0 Å². The van der Waals surface area contributed by atoms with E-state index in [-0.39, 0.29) is 34.6 Å². The third kappa shape index (κ3) is 4.07. The van der Waals surface area contributed by atoms with Crippen molar-refractivity contribution in [1.82, 2.24) is 29.7 Å². The third-order valence-corrected chi connectivity index (χ3v) is 7.05. The largest absolute Gasteiger partial charge is 0.382 e. The van der Waals surface area contributed by atoms with Crippen LogP contribution in [0.25, 0.3) is 22.4 Å². The van der Waals surface area contributed by atoms with E-state index in [0.29, 0.717) is 41.6 Å². The maximum absolute atomic E-state index is 15.0. The summed E-state index contributed by atoms with van der Waals surface area (Å²) < 4.78 is 22.9. The molecule has 0 bridgehead atoms. The minimum atomic E-state index is -1.39. The number of ether oxygens (including phenoxy) is 1. The highest BCUT2D eigenvalue weighted by Gasteiger charge is 2.41. The van der Waals surface area contributed by atoms with Gasteiger partial charge in [-0.1, -0.05) is 11.6 Å². The van der Waals surface area contributed by atoms with E-state index in [2.05, 4.69) is 25.0 Å². The van der Waals surface area contributed by atoms with E-state index in [1.54, 1.807) is 18.3 Å². The van der Waals surface area contributed by atoms with Crippen LogP contribution in [0.15, 0.2) is 30.6 Å². The summed E-state index contributed by atoms with van der Waals surface area (Å²) in [5, 5.41) is 16.5. The molecule has 0 spiro atoms. The molecule has 0 unspecified atom stereocenters. The Kier molecular flexibility index (Phi) is 5.32. The predicted octanol–water partition coefficient (Wildman–Crippen LogP) is 4.77. The Morgan fingerprint density at radius 3 is 2.71 bits per heavy atom. The molecule has 4 aromatic rings. The van der Waals surface area contributed by atoms with Crippen LogP contribution in [-0.2, 0) is 10.3 Å². The summed E-state index contributed by atoms with van der Waals surface area (Å²) in [6, 6.07) is 4.84. The van der Waals surface area contributed by atoms with Gasteiger partial charge in [0.2, 0.25) is 0 Å². The van der Waals surface area contributed by atoms with E-state index in [1.165, 1.54) is 6.07 Å². The molecule has 2 fully saturated rings. The van der Waals surface area contributed by atoms with Gasteiger partial charge in [-0.2, -0.15) is 5.10 Å². The van der Waals surface area contributed by atoms with E-state index in [4.69, 9.17) is 16.3 Å². The summed E-state index contributed by atoms with van der Waals surface area (Å²) in [6.07, 6.45) is 6.23. The van der Waals surface area contributed by atoms with E-state index < -0.39 is 11.4 Å². The highest BCUT2D eigenvalue weighted by Crippen LogP contribution is 2.42. The van der Waals surface area contributed by atoms with Gasteiger partial charge >= 0.3 is 0 Å². The minimum Gasteiger partial charge on any atom is -0.382 e. The Morgan fingerprint density at radius 2 is 1.94 bits per heavy atom. The standard InChI is InChI=1S/C25H24ClFN6O2/c1-13-14(2)30-23-22(29-13)21(18-6-3-16(26)9-19(18)27)31-24(32-23)25(34)7-8-35-20(10-25)15-11-28-33(12-15)17-4-5-17/h3,6,9,11-12,17,20,34H,4-5,7-8,10H2,1-2H3/t20-,25+/m0/s1. The first-order valence-corrected chi connectivity index (χ1v) is 12.1. The van der Waals surface area contributed by atoms with E-state index in [1.807, 2.05) is 24.7 Å². The second-order valence-corrected chi connectivity index (χ2v) is 9.85. The van der Waals surface area contributed by atoms with Gasteiger partial charge in [0.1, 0.15) is 22.6 Å². The van der Waals surface area contributed by atoms with Crippen molar-refractivity contribution in [3.05, 3.63) is 64.2 Å². The van der Waals surface area contributed by atoms with Crippen LogP contribution in [0.3, 0.4) is 0 Å². The zero-order valence-electron chi connectivity index (χ0n) is 19.4. The van der Waals surface area contributed by atoms with Crippen LogP contribution in [0.5, 0.6) is 0 Å². The SMILES string of the molecule is Cc1nc2nc([C@@]3(O)CCO[C@H](c4cnn(C5CC5)c4)C3)nc(-c3ccc(Cl)cc3F)c2nc1C. The average molecular weight is 495 g/mol. The van der Waals surface area contributed by atoms with E-state index in [9.17, 15) is 9.50 Å². The highest BCUT2D eigenvalue weighted by atomic mass is 35.5. The maximum Gasteiger partial charge on any atom is 0.182 e. The van der Waals surface area contributed by atoms with Gasteiger partial charge < -0.3 is 9.84 Å². The number of aromatic nitrogens is 6. The molecular formula is C25H24ClFN6O2. The summed E-state index contributed by atoms with van der Waals surface area (Å²) in [7, 11) is 0. The molecule has 6 rings (SSSR count). The first kappa shape index (κ1) is 22.5. The summed E-state index contributed by atoms with van der Waals surface area (Å²) >= 11 is 5.98. The summed E-state index contributed by atoms with van der Waals surface area (Å²) in [6.45, 7) is 3.99. The number of aliphatic hydroxyl groups is 1. The van der Waals surface area contributed by atoms with Gasteiger partial charge in [0.15, 0.2) is 11.5 Å². The Morgan fingerprint density at radius 1 is 1.14 bits per heavy atom. The number of benzene rings is 1. The number of halogens is 2. The van der Waals surface area contributed by atoms with Gasteiger partial charge in [0, 0.05) is 35.2 Å². The molecule has 0 amide bonds. The van der Waals surface area contributed by atoms with Crippen LogP contribution in [0.4, 0.5) is 4.39 Å². The molecule has 35 heavy (non-hydrogen) atoms. The van der Waals surface area contributed by atoms with Crippen molar-refractivity contribution in [1.29, 1.82) is 0 Å². The quantitative estimate of drug-likeness (QED) is 0.436. The van der Waals surface area contributed by atoms with Gasteiger partial charge in [0.05, 0.1) is 36.3 Å². The lowest BCUT2D eigenvalue weighted by Crippen LogP contribution is -2.37. The minimum absolute atomic E-state index is 0.176. The fourth-order valence-corrected chi connectivity index (χ4v) is 4.66. The Bertz CT molecular complexity index is 1460. The molecule has 2 atom stereocenters. The van der Waals surface area contributed by atoms with Gasteiger partial charge in [-0.3, -0.25) is 4.68 Å². The number of nitrogens with zero attached hydrogens (tertiary/aromatic N) is 6. The van der Waals surface area contributed by atoms with Crippen molar-refractivity contribution in [2.45, 2.75) is 57.3 Å². The van der Waals surface area contributed by atoms with Crippen LogP contribution >= 0.6 is 11.6 Å². The lowest BCUT2D eigenvalue weighted by Gasteiger charge is -2.35. The molecule has 180 valence electrons. The van der Waals surface area contributed by atoms with Crippen LogP contribution in [0.2, 0.25) is 5.02 Å². The second kappa shape index (κ2) is 8.29. The second-order valence-electron chi connectivity index (χ2n) is 9.42. The molecule has 0 radical (unpaired) electrons. The van der Waals surface area contributed by atoms with Crippen LogP contribution < -0.4 is 0 Å². The lowest BCUT2D eigenvalue weighted by atomic mass is 9.87. The van der Waals surface area contributed by atoms with Crippen molar-refractivity contribution >= 4 is 22.8 Å². The average Bonchev–Trinajstić information content (AvgIpc) is 3.56. The van der Waals surface area contributed by atoms with Crippen molar-refractivity contribution in [2.75, 3.05) is 6.61 Å². The summed E-state index contributed by atoms with van der Waals surface area (Å²) in [4.78, 5) is 18.5. The number of aryl methyl sites for hydroxylation is 2. The maximum atomic E-state index is 15.0. The molecule has 4 heterocycles. The molecule has 10 heteroatoms. The fraction of sp³-hybridized carbons (Fsp3) is 0.400. The monoisotopic (exact) mass is 494 g/mol. The molecule has 2 aliphatic rings. The first-order valence-electron chi connectivity index (χ1n) is 11.7. The van der Waals surface area contributed by atoms with E-state index >= 15 is 0 Å². The van der Waals surface area contributed by atoms with Crippen molar-refractivity contribution in [2.24, 2.45) is 0 Å². The first-order chi connectivity index (χ1) is 16.8. The van der Waals surface area contributed by atoms with E-state index in [0.717, 1.165) is 18.4 Å². The summed E-state index contributed by atoms with van der Waals surface area (Å²) in [5.74, 6) is -0.359. The molecule has 1 aromatic carbocycles. The molecule has 1 aliphatic carbocycles. The van der Waals surface area contributed by atoms with Crippen molar-refractivity contribution in [3.8, 4) is 11.3 Å². The van der Waals surface area contributed by atoms with Gasteiger partial charge in [-0.25, -0.2) is 24.3 Å². The molecular weight excluding hydrogens is 471 g/mol. The number of rotatable bonds is 4. The fourth-order valence-electron chi connectivity index (χ4n) is 4.50. The molecule has 3 aromatic heterocycles. The van der Waals surface area contributed by atoms with Crippen molar-refractivity contribution < 1.29 is 14.2 Å². The number of hydrogen-bond acceptors (Lipinski definition) is 7. The zero-order valence-corrected chi connectivity index (χ0v) is 20.1. The summed E-state index contributed by atoms with van der Waals surface area (Å²) in [5.41, 5.74) is 2.08. The Balaban J connectivity index is 1.45. The molecule has 1 saturated carbocycles. The highest BCUT2D eigenvalue weighted by molar-refractivity contribution is 6.30. The van der Waals surface area contributed by atoms with Crippen LogP contribution in [0, 0.1) is 19.7 Å². The van der Waals surface area contributed by atoms with Crippen LogP contribution in [0.1, 0.15) is 60.6 Å². The van der Waals surface area contributed by atoms with Gasteiger partial charge in [-0.15, -0.1) is 0 Å². The molecule has 1 saturated heterocycles. The third-order valence-electron chi connectivity index (χ3n) is 6.82. The van der Waals surface area contributed by atoms with Gasteiger partial charge in [-0.05, 0) is 44.9 Å². The Hall–Kier alpha value is -3.01. The molecule has 1 aliphatic heterocycles. The Labute approximate surface area is 206 Å². The molecule has 8 nitrogen and oxygen atoms in total. The topological polar surface area (TPSA) is 98.8 Å². The zero-order chi connectivity index (χ0) is 24.3.